The van der Waals surface area contributed by atoms with Crippen molar-refractivity contribution in [3.05, 3.63) is 24.0 Å². The van der Waals surface area contributed by atoms with E-state index < -0.39 is 0 Å². The second-order valence-electron chi connectivity index (χ2n) is 5.15. The quantitative estimate of drug-likeness (QED) is 0.779. The third-order valence-corrected chi connectivity index (χ3v) is 3.21. The Morgan fingerprint density at radius 2 is 2.44 bits per heavy atom. The van der Waals surface area contributed by atoms with Gasteiger partial charge in [0.05, 0.1) is 6.42 Å². The number of carbonyl (C=O) groups excluding carboxylic acids is 1. The number of H-pyrrole nitrogens is 1. The topological polar surface area (TPSA) is 62.1 Å². The largest absolute Gasteiger partial charge is 0.365 e. The summed E-state index contributed by atoms with van der Waals surface area (Å²) < 4.78 is 0. The number of aromatic amines is 1. The minimum Gasteiger partial charge on any atom is -0.365 e. The first-order chi connectivity index (χ1) is 7.49. The van der Waals surface area contributed by atoms with Gasteiger partial charge in [-0.2, -0.15) is 0 Å². The van der Waals surface area contributed by atoms with Gasteiger partial charge in [-0.05, 0) is 32.4 Å². The first-order valence-corrected chi connectivity index (χ1v) is 5.67. The van der Waals surface area contributed by atoms with Gasteiger partial charge in [-0.15, -0.1) is 0 Å². The Morgan fingerprint density at radius 1 is 1.69 bits per heavy atom. The molecular weight excluding hydrogens is 202 g/mol. The first-order valence-electron chi connectivity index (χ1n) is 5.67. The maximum Gasteiger partial charge on any atom is 0.228 e. The maximum absolute atomic E-state index is 12.1. The van der Waals surface area contributed by atoms with Crippen molar-refractivity contribution < 1.29 is 4.79 Å². The highest BCUT2D eigenvalue weighted by atomic mass is 16.2. The number of aromatic nitrogens is 1. The molecule has 0 aromatic carbocycles. The SMILES string of the molecule is CC1(C)CC(N)CN1C(=O)Cc1ccc[nH]1. The first kappa shape index (κ1) is 11.2. The third-order valence-electron chi connectivity index (χ3n) is 3.21. The van der Waals surface area contributed by atoms with E-state index in [9.17, 15) is 4.79 Å². The van der Waals surface area contributed by atoms with E-state index in [1.807, 2.05) is 23.2 Å². The number of nitrogens with two attached hydrogens (primary N) is 1. The number of rotatable bonds is 2. The lowest BCUT2D eigenvalue weighted by molar-refractivity contribution is -0.133. The Bertz CT molecular complexity index is 370. The maximum atomic E-state index is 12.1. The van der Waals surface area contributed by atoms with Crippen molar-refractivity contribution in [1.82, 2.24) is 9.88 Å². The zero-order valence-corrected chi connectivity index (χ0v) is 9.86. The van der Waals surface area contributed by atoms with Gasteiger partial charge < -0.3 is 15.6 Å². The molecule has 1 amide bonds. The van der Waals surface area contributed by atoms with Crippen molar-refractivity contribution in [1.29, 1.82) is 0 Å². The predicted octanol–water partition coefficient (Wildman–Crippen LogP) is 0.895. The van der Waals surface area contributed by atoms with Crippen molar-refractivity contribution >= 4 is 5.91 Å². The van der Waals surface area contributed by atoms with Crippen molar-refractivity contribution in [3.8, 4) is 0 Å². The van der Waals surface area contributed by atoms with Gasteiger partial charge in [0.15, 0.2) is 0 Å². The molecule has 0 aliphatic carbocycles. The van der Waals surface area contributed by atoms with E-state index in [0.29, 0.717) is 13.0 Å². The van der Waals surface area contributed by atoms with Crippen LogP contribution in [0.15, 0.2) is 18.3 Å². The Hall–Kier alpha value is -1.29. The van der Waals surface area contributed by atoms with Gasteiger partial charge in [0, 0.05) is 30.0 Å². The Labute approximate surface area is 95.8 Å². The number of amides is 1. The number of carbonyl (C=O) groups is 1. The lowest BCUT2D eigenvalue weighted by atomic mass is 10.0. The van der Waals surface area contributed by atoms with Crippen LogP contribution < -0.4 is 5.73 Å². The van der Waals surface area contributed by atoms with Crippen LogP contribution >= 0.6 is 0 Å². The van der Waals surface area contributed by atoms with E-state index in [4.69, 9.17) is 5.73 Å². The molecule has 1 atom stereocenters. The fourth-order valence-electron chi connectivity index (χ4n) is 2.47. The summed E-state index contributed by atoms with van der Waals surface area (Å²) in [6.45, 7) is 4.82. The lowest BCUT2D eigenvalue weighted by Crippen LogP contribution is -2.43. The highest BCUT2D eigenvalue weighted by Gasteiger charge is 2.39. The molecule has 88 valence electrons. The molecule has 3 N–H and O–H groups in total. The molecule has 1 fully saturated rings. The van der Waals surface area contributed by atoms with Gasteiger partial charge >= 0.3 is 0 Å². The third kappa shape index (κ3) is 2.11. The summed E-state index contributed by atoms with van der Waals surface area (Å²) in [6.07, 6.45) is 3.15. The number of hydrogen-bond donors (Lipinski definition) is 2. The average Bonchev–Trinajstić information content (AvgIpc) is 2.73. The molecule has 0 spiro atoms. The van der Waals surface area contributed by atoms with Crippen LogP contribution in [0, 0.1) is 0 Å². The molecule has 1 unspecified atom stereocenters. The molecule has 1 saturated heterocycles. The monoisotopic (exact) mass is 221 g/mol. The summed E-state index contributed by atoms with van der Waals surface area (Å²) in [6, 6.07) is 3.95. The van der Waals surface area contributed by atoms with E-state index in [1.54, 1.807) is 0 Å². The normalized spacial score (nSPS) is 23.7. The van der Waals surface area contributed by atoms with Crippen LogP contribution in [0.2, 0.25) is 0 Å². The molecule has 2 heterocycles. The Kier molecular flexibility index (Phi) is 2.76. The van der Waals surface area contributed by atoms with Gasteiger partial charge in [-0.3, -0.25) is 4.79 Å². The van der Waals surface area contributed by atoms with E-state index in [2.05, 4.69) is 18.8 Å². The predicted molar refractivity (Wildman–Crippen MR) is 62.9 cm³/mol. The summed E-state index contributed by atoms with van der Waals surface area (Å²) in [4.78, 5) is 17.1. The van der Waals surface area contributed by atoms with E-state index in [1.165, 1.54) is 0 Å². The average molecular weight is 221 g/mol. The number of likely N-dealkylation sites (tertiary alicyclic amines) is 1. The van der Waals surface area contributed by atoms with Crippen LogP contribution in [-0.4, -0.2) is 33.9 Å². The molecule has 4 heteroatoms. The van der Waals surface area contributed by atoms with Crippen LogP contribution in [0.5, 0.6) is 0 Å². The molecule has 0 bridgehead atoms. The second-order valence-corrected chi connectivity index (χ2v) is 5.15. The Morgan fingerprint density at radius 3 is 2.94 bits per heavy atom. The summed E-state index contributed by atoms with van der Waals surface area (Å²) in [5, 5.41) is 0. The molecule has 0 radical (unpaired) electrons. The van der Waals surface area contributed by atoms with Gasteiger partial charge in [0.2, 0.25) is 5.91 Å². The number of nitrogens with zero attached hydrogens (tertiary/aromatic N) is 1. The van der Waals surface area contributed by atoms with Crippen molar-refractivity contribution in [2.75, 3.05) is 6.54 Å². The number of hydrogen-bond acceptors (Lipinski definition) is 2. The molecule has 4 nitrogen and oxygen atoms in total. The highest BCUT2D eigenvalue weighted by molar-refractivity contribution is 5.79. The summed E-state index contributed by atoms with van der Waals surface area (Å²) in [5.41, 5.74) is 6.76. The van der Waals surface area contributed by atoms with Crippen molar-refractivity contribution in [2.24, 2.45) is 5.73 Å². The van der Waals surface area contributed by atoms with Crippen LogP contribution in [0.4, 0.5) is 0 Å². The second kappa shape index (κ2) is 3.94. The van der Waals surface area contributed by atoms with Gasteiger partial charge in [0.1, 0.15) is 0 Å². The van der Waals surface area contributed by atoms with E-state index in [0.717, 1.165) is 12.1 Å². The zero-order valence-electron chi connectivity index (χ0n) is 9.86. The molecule has 1 aliphatic rings. The molecule has 1 aromatic heterocycles. The molecule has 1 aromatic rings. The van der Waals surface area contributed by atoms with Crippen LogP contribution in [0.1, 0.15) is 26.0 Å². The molecule has 0 saturated carbocycles. The standard InChI is InChI=1S/C12H19N3O/c1-12(2)7-9(13)8-15(12)11(16)6-10-4-3-5-14-10/h3-5,9,14H,6-8,13H2,1-2H3. The van der Waals surface area contributed by atoms with Crippen molar-refractivity contribution in [2.45, 2.75) is 38.3 Å². The fraction of sp³-hybridized carbons (Fsp3) is 0.583. The van der Waals surface area contributed by atoms with Gasteiger partial charge in [0.25, 0.3) is 0 Å². The van der Waals surface area contributed by atoms with Gasteiger partial charge in [-0.25, -0.2) is 0 Å². The van der Waals surface area contributed by atoms with Crippen LogP contribution in [0.25, 0.3) is 0 Å². The van der Waals surface area contributed by atoms with Crippen LogP contribution in [0.3, 0.4) is 0 Å². The van der Waals surface area contributed by atoms with Crippen LogP contribution in [-0.2, 0) is 11.2 Å². The number of nitrogens with one attached hydrogen (secondary N) is 1. The molecular formula is C12H19N3O. The summed E-state index contributed by atoms with van der Waals surface area (Å²) >= 11 is 0. The molecule has 2 rings (SSSR count). The highest BCUT2D eigenvalue weighted by Crippen LogP contribution is 2.28. The smallest absolute Gasteiger partial charge is 0.228 e. The molecule has 1 aliphatic heterocycles. The summed E-state index contributed by atoms with van der Waals surface area (Å²) in [5.74, 6) is 0.153. The van der Waals surface area contributed by atoms with E-state index >= 15 is 0 Å². The fourth-order valence-corrected chi connectivity index (χ4v) is 2.47. The lowest BCUT2D eigenvalue weighted by Gasteiger charge is -2.31. The summed E-state index contributed by atoms with van der Waals surface area (Å²) in [7, 11) is 0. The Balaban J connectivity index is 2.05. The minimum atomic E-state index is -0.108. The minimum absolute atomic E-state index is 0.108. The van der Waals surface area contributed by atoms with Gasteiger partial charge in [-0.1, -0.05) is 0 Å². The zero-order chi connectivity index (χ0) is 11.8. The van der Waals surface area contributed by atoms with E-state index in [-0.39, 0.29) is 17.5 Å². The van der Waals surface area contributed by atoms with Crippen molar-refractivity contribution in [3.63, 3.8) is 0 Å². The molecule has 16 heavy (non-hydrogen) atoms.